The summed E-state index contributed by atoms with van der Waals surface area (Å²) < 4.78 is 5.09. The quantitative estimate of drug-likeness (QED) is 0.569. The van der Waals surface area contributed by atoms with Crippen molar-refractivity contribution in [3.05, 3.63) is 58.4 Å². The van der Waals surface area contributed by atoms with Crippen molar-refractivity contribution >= 4 is 22.6 Å². The third-order valence-electron chi connectivity index (χ3n) is 6.48. The first kappa shape index (κ1) is 19.1. The van der Waals surface area contributed by atoms with Gasteiger partial charge in [-0.15, -0.1) is 0 Å². The number of fused-ring (bicyclic) bond motifs is 4. The fraction of sp³-hybridized carbons (Fsp3) is 0.417. The number of amides is 1. The lowest BCUT2D eigenvalue weighted by Gasteiger charge is -2.37. The predicted molar refractivity (Wildman–Crippen MR) is 118 cm³/mol. The number of H-pyrrole nitrogens is 1. The molecule has 5 rings (SSSR count). The van der Waals surface area contributed by atoms with Crippen molar-refractivity contribution in [1.29, 1.82) is 0 Å². The number of nitrogens with zero attached hydrogens (tertiary/aromatic N) is 1. The molecule has 2 aliphatic rings. The molecule has 1 aliphatic carbocycles. The lowest BCUT2D eigenvalue weighted by molar-refractivity contribution is 0.0947. The fourth-order valence-corrected chi connectivity index (χ4v) is 5.08. The molecule has 1 aliphatic heterocycles. The number of aromatic amines is 1. The van der Waals surface area contributed by atoms with Crippen LogP contribution in [0.1, 0.15) is 45.7 Å². The summed E-state index contributed by atoms with van der Waals surface area (Å²) in [4.78, 5) is 21.1. The van der Waals surface area contributed by atoms with E-state index in [0.717, 1.165) is 65.8 Å². The van der Waals surface area contributed by atoms with E-state index in [0.29, 0.717) is 13.2 Å². The van der Waals surface area contributed by atoms with Crippen LogP contribution in [0.4, 0.5) is 5.69 Å². The van der Waals surface area contributed by atoms with Crippen molar-refractivity contribution in [2.45, 2.75) is 44.6 Å². The summed E-state index contributed by atoms with van der Waals surface area (Å²) in [5, 5.41) is 6.91. The molecule has 0 radical (unpaired) electrons. The Hall–Kier alpha value is -2.86. The molecule has 6 heteroatoms. The van der Waals surface area contributed by atoms with Gasteiger partial charge >= 0.3 is 0 Å². The minimum absolute atomic E-state index is 0.00400. The number of anilines is 1. The molecule has 3 aromatic rings. The second-order valence-electron chi connectivity index (χ2n) is 8.63. The average molecular weight is 405 g/mol. The van der Waals surface area contributed by atoms with Crippen molar-refractivity contribution in [2.75, 3.05) is 25.6 Å². The van der Waals surface area contributed by atoms with Gasteiger partial charge in [0.05, 0.1) is 11.2 Å². The van der Waals surface area contributed by atoms with Gasteiger partial charge in [0.2, 0.25) is 0 Å². The number of hydrogen-bond acceptors (Lipinski definition) is 4. The van der Waals surface area contributed by atoms with Crippen LogP contribution < -0.4 is 10.6 Å². The van der Waals surface area contributed by atoms with Crippen LogP contribution in [0.15, 0.2) is 30.3 Å². The molecule has 0 atom stereocenters. The van der Waals surface area contributed by atoms with Gasteiger partial charge in [0.15, 0.2) is 0 Å². The standard InChI is InChI=1S/C24H28N4O2/c1-15-26-20-12-19(23(29)25-10-5-11-30-2)18-8-9-24(28-21(18)22(20)27-15)13-16-6-3-4-7-17(16)14-24/h3-4,6-7,12,28H,5,8-11,13-14H2,1-2H3,(H,25,29)(H,26,27). The normalized spacial score (nSPS) is 16.3. The molecule has 0 unspecified atom stereocenters. The second kappa shape index (κ2) is 7.43. The van der Waals surface area contributed by atoms with Gasteiger partial charge in [0, 0.05) is 31.4 Å². The summed E-state index contributed by atoms with van der Waals surface area (Å²) >= 11 is 0. The Morgan fingerprint density at radius 1 is 1.27 bits per heavy atom. The molecule has 6 nitrogen and oxygen atoms in total. The number of ether oxygens (including phenoxy) is 1. The Labute approximate surface area is 176 Å². The topological polar surface area (TPSA) is 79.0 Å². The lowest BCUT2D eigenvalue weighted by atomic mass is 9.82. The summed E-state index contributed by atoms with van der Waals surface area (Å²) in [5.74, 6) is 0.838. The molecule has 30 heavy (non-hydrogen) atoms. The number of rotatable bonds is 5. The largest absolute Gasteiger partial charge is 0.385 e. The minimum Gasteiger partial charge on any atom is -0.385 e. The van der Waals surface area contributed by atoms with Crippen LogP contribution in [0.5, 0.6) is 0 Å². The molecule has 1 amide bonds. The summed E-state index contributed by atoms with van der Waals surface area (Å²) in [6.07, 6.45) is 4.71. The van der Waals surface area contributed by atoms with Crippen molar-refractivity contribution in [1.82, 2.24) is 15.3 Å². The number of aryl methyl sites for hydroxylation is 1. The highest BCUT2D eigenvalue weighted by Crippen LogP contribution is 2.43. The van der Waals surface area contributed by atoms with Crippen LogP contribution in [0.25, 0.3) is 11.0 Å². The van der Waals surface area contributed by atoms with Crippen LogP contribution in [-0.2, 0) is 24.0 Å². The van der Waals surface area contributed by atoms with Crippen LogP contribution >= 0.6 is 0 Å². The van der Waals surface area contributed by atoms with E-state index in [9.17, 15) is 4.79 Å². The van der Waals surface area contributed by atoms with E-state index < -0.39 is 0 Å². The van der Waals surface area contributed by atoms with E-state index in [-0.39, 0.29) is 11.4 Å². The average Bonchev–Trinajstić information content (AvgIpc) is 3.29. The minimum atomic E-state index is -0.0241. The molecule has 0 saturated heterocycles. The summed E-state index contributed by atoms with van der Waals surface area (Å²) in [5.41, 5.74) is 7.56. The smallest absolute Gasteiger partial charge is 0.251 e. The van der Waals surface area contributed by atoms with E-state index in [1.54, 1.807) is 7.11 Å². The van der Waals surface area contributed by atoms with Gasteiger partial charge in [-0.1, -0.05) is 24.3 Å². The van der Waals surface area contributed by atoms with Crippen LogP contribution in [0.3, 0.4) is 0 Å². The number of hydrogen-bond donors (Lipinski definition) is 3. The molecule has 1 spiro atoms. The van der Waals surface area contributed by atoms with Crippen molar-refractivity contribution < 1.29 is 9.53 Å². The number of nitrogens with one attached hydrogen (secondary N) is 3. The maximum atomic E-state index is 13.0. The Balaban J connectivity index is 1.50. The first-order valence-electron chi connectivity index (χ1n) is 10.7. The van der Waals surface area contributed by atoms with Crippen LogP contribution in [0.2, 0.25) is 0 Å². The zero-order chi connectivity index (χ0) is 20.7. The van der Waals surface area contributed by atoms with E-state index in [2.05, 4.69) is 39.9 Å². The summed E-state index contributed by atoms with van der Waals surface area (Å²) in [6.45, 7) is 3.21. The van der Waals surface area contributed by atoms with Crippen molar-refractivity contribution in [3.8, 4) is 0 Å². The Morgan fingerprint density at radius 3 is 2.77 bits per heavy atom. The van der Waals surface area contributed by atoms with Crippen LogP contribution in [-0.4, -0.2) is 41.7 Å². The first-order valence-corrected chi connectivity index (χ1v) is 10.7. The highest BCUT2D eigenvalue weighted by molar-refractivity contribution is 6.04. The molecule has 0 saturated carbocycles. The van der Waals surface area contributed by atoms with Gasteiger partial charge in [-0.3, -0.25) is 4.79 Å². The lowest BCUT2D eigenvalue weighted by Crippen LogP contribution is -2.43. The Bertz CT molecular complexity index is 1090. The molecule has 0 bridgehead atoms. The highest BCUT2D eigenvalue weighted by atomic mass is 16.5. The Kier molecular flexibility index (Phi) is 4.74. The fourth-order valence-electron chi connectivity index (χ4n) is 5.08. The van der Waals surface area contributed by atoms with Crippen molar-refractivity contribution in [3.63, 3.8) is 0 Å². The van der Waals surface area contributed by atoms with E-state index in [1.165, 1.54) is 11.1 Å². The van der Waals surface area contributed by atoms with E-state index in [4.69, 9.17) is 9.72 Å². The van der Waals surface area contributed by atoms with Crippen LogP contribution in [0, 0.1) is 6.92 Å². The van der Waals surface area contributed by atoms with E-state index >= 15 is 0 Å². The molecular weight excluding hydrogens is 376 g/mol. The maximum Gasteiger partial charge on any atom is 0.251 e. The second-order valence-corrected chi connectivity index (χ2v) is 8.63. The number of aromatic nitrogens is 2. The third kappa shape index (κ3) is 3.25. The first-order chi connectivity index (χ1) is 14.6. The van der Waals surface area contributed by atoms with Gasteiger partial charge in [0.1, 0.15) is 11.3 Å². The monoisotopic (exact) mass is 404 g/mol. The highest BCUT2D eigenvalue weighted by Gasteiger charge is 2.41. The van der Waals surface area contributed by atoms with Crippen molar-refractivity contribution in [2.24, 2.45) is 0 Å². The van der Waals surface area contributed by atoms with Gasteiger partial charge in [-0.25, -0.2) is 4.98 Å². The number of benzene rings is 2. The van der Waals surface area contributed by atoms with Gasteiger partial charge in [-0.05, 0) is 61.8 Å². The van der Waals surface area contributed by atoms with Gasteiger partial charge in [0.25, 0.3) is 5.91 Å². The molecule has 3 N–H and O–H groups in total. The number of carbonyl (C=O) groups excluding carboxylic acids is 1. The third-order valence-corrected chi connectivity index (χ3v) is 6.48. The summed E-state index contributed by atoms with van der Waals surface area (Å²) in [7, 11) is 1.68. The molecular formula is C24H28N4O2. The summed E-state index contributed by atoms with van der Waals surface area (Å²) in [6, 6.07) is 10.7. The predicted octanol–water partition coefficient (Wildman–Crippen LogP) is 3.53. The van der Waals surface area contributed by atoms with Gasteiger partial charge < -0.3 is 20.4 Å². The molecule has 2 heterocycles. The number of imidazole rings is 1. The Morgan fingerprint density at radius 2 is 2.03 bits per heavy atom. The molecule has 0 fully saturated rings. The number of carbonyl (C=O) groups is 1. The zero-order valence-electron chi connectivity index (χ0n) is 17.6. The molecule has 2 aromatic carbocycles. The zero-order valence-corrected chi connectivity index (χ0v) is 17.6. The SMILES string of the molecule is COCCCNC(=O)c1cc2[nH]c(C)nc2c2c1CCC1(Cc3ccccc3C1)N2. The maximum absolute atomic E-state index is 13.0. The van der Waals surface area contributed by atoms with Gasteiger partial charge in [-0.2, -0.15) is 0 Å². The molecule has 156 valence electrons. The van der Waals surface area contributed by atoms with E-state index in [1.807, 2.05) is 13.0 Å². The number of methoxy groups -OCH3 is 1. The molecule has 1 aromatic heterocycles.